The van der Waals surface area contributed by atoms with Gasteiger partial charge in [0.05, 0.1) is 0 Å². The predicted molar refractivity (Wildman–Crippen MR) is 111 cm³/mol. The van der Waals surface area contributed by atoms with Gasteiger partial charge in [-0.2, -0.15) is 0 Å². The highest BCUT2D eigenvalue weighted by Crippen LogP contribution is 2.11. The van der Waals surface area contributed by atoms with Gasteiger partial charge in [0.2, 0.25) is 5.91 Å². The Labute approximate surface area is 173 Å². The van der Waals surface area contributed by atoms with Crippen molar-refractivity contribution in [3.63, 3.8) is 0 Å². The quantitative estimate of drug-likeness (QED) is 0.645. The van der Waals surface area contributed by atoms with Gasteiger partial charge in [-0.25, -0.2) is 9.59 Å². The van der Waals surface area contributed by atoms with Crippen molar-refractivity contribution in [1.29, 1.82) is 0 Å². The highest BCUT2D eigenvalue weighted by Gasteiger charge is 2.32. The van der Waals surface area contributed by atoms with E-state index in [1.807, 2.05) is 44.2 Å². The van der Waals surface area contributed by atoms with Gasteiger partial charge < -0.3 is 20.1 Å². The molecule has 2 atom stereocenters. The third kappa shape index (κ3) is 8.98. The summed E-state index contributed by atoms with van der Waals surface area (Å²) in [4.78, 5) is 37.4. The number of ether oxygens (including phenoxy) is 2. The third-order valence-electron chi connectivity index (χ3n) is 4.06. The lowest BCUT2D eigenvalue weighted by molar-refractivity contribution is -0.150. The van der Waals surface area contributed by atoms with E-state index in [1.165, 1.54) is 0 Å². The van der Waals surface area contributed by atoms with Gasteiger partial charge in [-0.3, -0.25) is 4.79 Å². The van der Waals surface area contributed by atoms with Crippen LogP contribution in [0.2, 0.25) is 0 Å². The van der Waals surface area contributed by atoms with E-state index in [-0.39, 0.29) is 18.4 Å². The van der Waals surface area contributed by atoms with Crippen LogP contribution in [0.25, 0.3) is 0 Å². The van der Waals surface area contributed by atoms with Crippen molar-refractivity contribution in [3.05, 3.63) is 35.9 Å². The van der Waals surface area contributed by atoms with Crippen LogP contribution in [0.5, 0.6) is 0 Å². The molecule has 1 rings (SSSR count). The van der Waals surface area contributed by atoms with Crippen molar-refractivity contribution in [2.24, 2.45) is 11.8 Å². The maximum Gasteiger partial charge on any atom is 0.408 e. The smallest absolute Gasteiger partial charge is 0.408 e. The van der Waals surface area contributed by atoms with E-state index in [1.54, 1.807) is 34.6 Å². The second-order valence-corrected chi connectivity index (χ2v) is 8.69. The molecule has 162 valence electrons. The highest BCUT2D eigenvalue weighted by atomic mass is 16.6. The van der Waals surface area contributed by atoms with Gasteiger partial charge in [-0.1, -0.05) is 58.0 Å². The first kappa shape index (κ1) is 24.5. The summed E-state index contributed by atoms with van der Waals surface area (Å²) < 4.78 is 10.6. The van der Waals surface area contributed by atoms with Crippen LogP contribution < -0.4 is 10.6 Å². The average molecular weight is 407 g/mol. The number of amides is 2. The Bertz CT molecular complexity index is 680. The van der Waals surface area contributed by atoms with E-state index < -0.39 is 35.7 Å². The Morgan fingerprint density at radius 3 is 1.93 bits per heavy atom. The van der Waals surface area contributed by atoms with E-state index >= 15 is 0 Å². The lowest BCUT2D eigenvalue weighted by atomic mass is 10.0. The lowest BCUT2D eigenvalue weighted by Crippen LogP contribution is -2.55. The van der Waals surface area contributed by atoms with Gasteiger partial charge in [0.1, 0.15) is 24.3 Å². The van der Waals surface area contributed by atoms with Crippen LogP contribution >= 0.6 is 0 Å². The second-order valence-electron chi connectivity index (χ2n) is 8.69. The zero-order valence-electron chi connectivity index (χ0n) is 18.4. The maximum absolute atomic E-state index is 12.8. The number of rotatable bonds is 8. The molecule has 0 bridgehead atoms. The summed E-state index contributed by atoms with van der Waals surface area (Å²) in [6.07, 6.45) is -0.681. The van der Waals surface area contributed by atoms with Crippen LogP contribution in [-0.2, 0) is 25.7 Å². The Kier molecular flexibility index (Phi) is 9.14. The summed E-state index contributed by atoms with van der Waals surface area (Å²) in [7, 11) is 0. The topological polar surface area (TPSA) is 93.7 Å². The van der Waals surface area contributed by atoms with Gasteiger partial charge in [-0.15, -0.1) is 0 Å². The molecule has 0 fully saturated rings. The van der Waals surface area contributed by atoms with Crippen molar-refractivity contribution < 1.29 is 23.9 Å². The number of nitrogens with one attached hydrogen (secondary N) is 2. The molecule has 0 radical (unpaired) electrons. The van der Waals surface area contributed by atoms with Gasteiger partial charge >= 0.3 is 12.1 Å². The summed E-state index contributed by atoms with van der Waals surface area (Å²) in [5.41, 5.74) is 0.186. The Hall–Kier alpha value is -2.57. The minimum absolute atomic E-state index is 0.128. The summed E-state index contributed by atoms with van der Waals surface area (Å²) in [6, 6.07) is 7.65. The first-order chi connectivity index (χ1) is 13.4. The normalized spacial score (nSPS) is 13.6. The van der Waals surface area contributed by atoms with E-state index in [2.05, 4.69) is 10.6 Å². The SMILES string of the molecule is CC(C)[C@H](NC(=O)OC(C)(C)C)C(=O)N[C@H](C(=O)OCc1ccccc1)C(C)C. The molecule has 0 aromatic heterocycles. The molecule has 0 aliphatic rings. The minimum Gasteiger partial charge on any atom is -0.459 e. The number of hydrogen-bond acceptors (Lipinski definition) is 5. The monoisotopic (exact) mass is 406 g/mol. The molecule has 0 aliphatic heterocycles. The summed E-state index contributed by atoms with van der Waals surface area (Å²) in [6.45, 7) is 12.6. The van der Waals surface area contributed by atoms with E-state index in [0.717, 1.165) is 5.56 Å². The lowest BCUT2D eigenvalue weighted by Gasteiger charge is -2.27. The van der Waals surface area contributed by atoms with Crippen molar-refractivity contribution in [3.8, 4) is 0 Å². The fourth-order valence-electron chi connectivity index (χ4n) is 2.53. The Balaban J connectivity index is 2.76. The molecule has 0 spiro atoms. The molecule has 0 heterocycles. The molecule has 0 saturated carbocycles. The zero-order valence-corrected chi connectivity index (χ0v) is 18.4. The molecular weight excluding hydrogens is 372 g/mol. The molecule has 2 N–H and O–H groups in total. The van der Waals surface area contributed by atoms with E-state index in [4.69, 9.17) is 9.47 Å². The van der Waals surface area contributed by atoms with Crippen molar-refractivity contribution >= 4 is 18.0 Å². The molecule has 0 unspecified atom stereocenters. The van der Waals surface area contributed by atoms with Crippen molar-refractivity contribution in [1.82, 2.24) is 10.6 Å². The molecule has 0 saturated heterocycles. The Morgan fingerprint density at radius 1 is 0.897 bits per heavy atom. The summed E-state index contributed by atoms with van der Waals surface area (Å²) >= 11 is 0. The molecule has 29 heavy (non-hydrogen) atoms. The van der Waals surface area contributed by atoms with Crippen LogP contribution in [0, 0.1) is 11.8 Å². The summed E-state index contributed by atoms with van der Waals surface area (Å²) in [5, 5.41) is 5.31. The van der Waals surface area contributed by atoms with Crippen LogP contribution in [-0.4, -0.2) is 35.7 Å². The zero-order chi connectivity index (χ0) is 22.2. The van der Waals surface area contributed by atoms with Gasteiger partial charge in [0.25, 0.3) is 0 Å². The number of esters is 1. The van der Waals surface area contributed by atoms with Crippen LogP contribution in [0.3, 0.4) is 0 Å². The first-order valence-corrected chi connectivity index (χ1v) is 9.91. The predicted octanol–water partition coefficient (Wildman–Crippen LogP) is 3.42. The van der Waals surface area contributed by atoms with Gasteiger partial charge in [-0.05, 0) is 38.2 Å². The molecule has 2 amide bonds. The standard InChI is InChI=1S/C22H34N2O5/c1-14(2)17(24-21(27)29-22(5,6)7)19(25)23-18(15(3)4)20(26)28-13-16-11-9-8-10-12-16/h8-12,14-15,17-18H,13H2,1-7H3,(H,23,25)(H,24,27)/t17-,18-/m0/s1. The van der Waals surface area contributed by atoms with E-state index in [9.17, 15) is 14.4 Å². The van der Waals surface area contributed by atoms with Crippen molar-refractivity contribution in [2.75, 3.05) is 0 Å². The van der Waals surface area contributed by atoms with Gasteiger partial charge in [0.15, 0.2) is 0 Å². The fraction of sp³-hybridized carbons (Fsp3) is 0.591. The van der Waals surface area contributed by atoms with Crippen molar-refractivity contribution in [2.45, 2.75) is 72.8 Å². The van der Waals surface area contributed by atoms with Crippen LogP contribution in [0.1, 0.15) is 54.0 Å². The number of alkyl carbamates (subject to hydrolysis) is 1. The number of carbonyl (C=O) groups is 3. The maximum atomic E-state index is 12.8. The molecule has 7 heteroatoms. The summed E-state index contributed by atoms with van der Waals surface area (Å²) in [5.74, 6) is -1.36. The number of benzene rings is 1. The van der Waals surface area contributed by atoms with Gasteiger partial charge in [0, 0.05) is 0 Å². The molecular formula is C22H34N2O5. The molecule has 1 aromatic rings. The van der Waals surface area contributed by atoms with E-state index in [0.29, 0.717) is 0 Å². The fourth-order valence-corrected chi connectivity index (χ4v) is 2.53. The first-order valence-electron chi connectivity index (χ1n) is 9.91. The van der Waals surface area contributed by atoms with Crippen LogP contribution in [0.4, 0.5) is 4.79 Å². The molecule has 1 aromatic carbocycles. The molecule has 7 nitrogen and oxygen atoms in total. The average Bonchev–Trinajstić information content (AvgIpc) is 2.60. The second kappa shape index (κ2) is 10.8. The largest absolute Gasteiger partial charge is 0.459 e. The Morgan fingerprint density at radius 2 is 1.45 bits per heavy atom. The molecule has 0 aliphatic carbocycles. The third-order valence-corrected chi connectivity index (χ3v) is 4.06. The minimum atomic E-state index is -0.840. The highest BCUT2D eigenvalue weighted by molar-refractivity contribution is 5.90. The number of carbonyl (C=O) groups excluding carboxylic acids is 3. The van der Waals surface area contributed by atoms with Crippen LogP contribution in [0.15, 0.2) is 30.3 Å². The number of hydrogen-bond donors (Lipinski definition) is 2.